The van der Waals surface area contributed by atoms with E-state index in [1.54, 1.807) is 30.3 Å². The first-order chi connectivity index (χ1) is 8.63. The number of nitrogens with two attached hydrogens (primary N) is 1. The molecule has 2 aromatic carbocycles. The number of aromatic hydroxyl groups is 1. The van der Waals surface area contributed by atoms with Crippen LogP contribution in [0.25, 0.3) is 16.8 Å². The zero-order valence-electron chi connectivity index (χ0n) is 9.42. The minimum absolute atomic E-state index is 0.0297. The van der Waals surface area contributed by atoms with Crippen LogP contribution in [0, 0.1) is 11.3 Å². The van der Waals surface area contributed by atoms with E-state index in [2.05, 4.69) is 0 Å². The highest BCUT2D eigenvalue weighted by molar-refractivity contribution is 6.02. The molecule has 0 bridgehead atoms. The summed E-state index contributed by atoms with van der Waals surface area (Å²) in [6.45, 7) is 0. The van der Waals surface area contributed by atoms with Crippen molar-refractivity contribution in [2.75, 3.05) is 0 Å². The molecule has 0 aliphatic carbocycles. The van der Waals surface area contributed by atoms with Crippen LogP contribution < -0.4 is 5.73 Å². The van der Waals surface area contributed by atoms with E-state index in [0.717, 1.165) is 5.39 Å². The lowest BCUT2D eigenvalue weighted by molar-refractivity contribution is -0.114. The van der Waals surface area contributed by atoms with Gasteiger partial charge in [-0.1, -0.05) is 36.4 Å². The van der Waals surface area contributed by atoms with Gasteiger partial charge in [0.25, 0.3) is 5.91 Å². The molecular weight excluding hydrogens is 228 g/mol. The third-order valence-electron chi connectivity index (χ3n) is 2.62. The topological polar surface area (TPSA) is 87.1 Å². The number of hydrogen-bond donors (Lipinski definition) is 2. The van der Waals surface area contributed by atoms with E-state index in [1.807, 2.05) is 12.1 Å². The normalized spacial score (nSPS) is 11.2. The van der Waals surface area contributed by atoms with Crippen molar-refractivity contribution in [2.24, 2.45) is 5.73 Å². The number of benzene rings is 2. The highest BCUT2D eigenvalue weighted by Crippen LogP contribution is 2.29. The zero-order chi connectivity index (χ0) is 13.1. The number of carbonyl (C=O) groups excluding carboxylic acids is 1. The average Bonchev–Trinajstić information content (AvgIpc) is 2.38. The Morgan fingerprint density at radius 3 is 2.67 bits per heavy atom. The molecule has 2 rings (SSSR count). The van der Waals surface area contributed by atoms with E-state index in [-0.39, 0.29) is 11.3 Å². The van der Waals surface area contributed by atoms with Gasteiger partial charge in [0.2, 0.25) is 0 Å². The Morgan fingerprint density at radius 2 is 2.00 bits per heavy atom. The van der Waals surface area contributed by atoms with Gasteiger partial charge in [0.1, 0.15) is 17.4 Å². The number of nitrogens with zero attached hydrogens (tertiary/aromatic N) is 1. The molecule has 0 aliphatic heterocycles. The molecule has 1 amide bonds. The summed E-state index contributed by atoms with van der Waals surface area (Å²) < 4.78 is 0. The van der Waals surface area contributed by atoms with Gasteiger partial charge in [-0.3, -0.25) is 4.79 Å². The van der Waals surface area contributed by atoms with E-state index in [0.29, 0.717) is 10.9 Å². The van der Waals surface area contributed by atoms with Crippen LogP contribution in [0.5, 0.6) is 5.75 Å². The molecule has 3 N–H and O–H groups in total. The second-order valence-corrected chi connectivity index (χ2v) is 3.76. The van der Waals surface area contributed by atoms with Crippen LogP contribution in [-0.4, -0.2) is 11.0 Å². The summed E-state index contributed by atoms with van der Waals surface area (Å²) in [5.41, 5.74) is 5.25. The molecule has 0 radical (unpaired) electrons. The maximum Gasteiger partial charge on any atom is 0.259 e. The second-order valence-electron chi connectivity index (χ2n) is 3.76. The highest BCUT2D eigenvalue weighted by atomic mass is 16.3. The van der Waals surface area contributed by atoms with Gasteiger partial charge < -0.3 is 10.8 Å². The Morgan fingerprint density at radius 1 is 1.28 bits per heavy atom. The number of phenols is 1. The van der Waals surface area contributed by atoms with Gasteiger partial charge in [0.15, 0.2) is 0 Å². The molecule has 0 aromatic heterocycles. The predicted octanol–water partition coefficient (Wildman–Crippen LogP) is 1.94. The average molecular weight is 238 g/mol. The highest BCUT2D eigenvalue weighted by Gasteiger charge is 2.08. The molecule has 0 saturated carbocycles. The fourth-order valence-electron chi connectivity index (χ4n) is 1.70. The maximum atomic E-state index is 11.0. The first kappa shape index (κ1) is 11.7. The fraction of sp³-hybridized carbons (Fsp3) is 0. The maximum absolute atomic E-state index is 11.0. The molecule has 0 aliphatic rings. The van der Waals surface area contributed by atoms with Crippen LogP contribution in [0.1, 0.15) is 5.56 Å². The van der Waals surface area contributed by atoms with Gasteiger partial charge >= 0.3 is 0 Å². The first-order valence-electron chi connectivity index (χ1n) is 5.26. The quantitative estimate of drug-likeness (QED) is 0.619. The van der Waals surface area contributed by atoms with E-state index < -0.39 is 5.91 Å². The van der Waals surface area contributed by atoms with Crippen LogP contribution in [0.2, 0.25) is 0 Å². The Hall–Kier alpha value is -2.80. The molecule has 0 spiro atoms. The fourth-order valence-corrected chi connectivity index (χ4v) is 1.70. The van der Waals surface area contributed by atoms with Crippen molar-refractivity contribution in [2.45, 2.75) is 0 Å². The molecule has 88 valence electrons. The number of rotatable bonds is 2. The molecule has 0 fully saturated rings. The molecule has 18 heavy (non-hydrogen) atoms. The van der Waals surface area contributed by atoms with Crippen LogP contribution >= 0.6 is 0 Å². The van der Waals surface area contributed by atoms with Gasteiger partial charge in [-0.25, -0.2) is 0 Å². The number of nitriles is 1. The van der Waals surface area contributed by atoms with E-state index in [1.165, 1.54) is 6.08 Å². The predicted molar refractivity (Wildman–Crippen MR) is 68.4 cm³/mol. The minimum atomic E-state index is -0.815. The van der Waals surface area contributed by atoms with Crippen LogP contribution in [0.3, 0.4) is 0 Å². The van der Waals surface area contributed by atoms with E-state index in [9.17, 15) is 9.90 Å². The lowest BCUT2D eigenvalue weighted by Gasteiger charge is -2.04. The molecular formula is C14H10N2O2. The van der Waals surface area contributed by atoms with Gasteiger partial charge in [-0.15, -0.1) is 0 Å². The number of carbonyl (C=O) groups is 1. The van der Waals surface area contributed by atoms with Gasteiger partial charge in [-0.2, -0.15) is 5.26 Å². The smallest absolute Gasteiger partial charge is 0.259 e. The monoisotopic (exact) mass is 238 g/mol. The van der Waals surface area contributed by atoms with Crippen LogP contribution in [-0.2, 0) is 4.79 Å². The molecule has 0 atom stereocenters. The van der Waals surface area contributed by atoms with Crippen molar-refractivity contribution in [1.29, 1.82) is 5.26 Å². The molecule has 0 unspecified atom stereocenters. The van der Waals surface area contributed by atoms with Gasteiger partial charge in [-0.05, 0) is 11.5 Å². The number of primary amides is 1. The van der Waals surface area contributed by atoms with Crippen LogP contribution in [0.15, 0.2) is 42.0 Å². The Labute approximate surface area is 104 Å². The van der Waals surface area contributed by atoms with Crippen molar-refractivity contribution in [1.82, 2.24) is 0 Å². The number of hydrogen-bond acceptors (Lipinski definition) is 3. The van der Waals surface area contributed by atoms with Crippen molar-refractivity contribution in [3.05, 3.63) is 47.5 Å². The Bertz CT molecular complexity index is 696. The Kier molecular flexibility index (Phi) is 2.98. The number of amides is 1. The molecule has 4 heteroatoms. The van der Waals surface area contributed by atoms with Crippen LogP contribution in [0.4, 0.5) is 0 Å². The first-order valence-corrected chi connectivity index (χ1v) is 5.26. The minimum Gasteiger partial charge on any atom is -0.507 e. The standard InChI is InChI=1S/C14H10N2O2/c15-8-11(14(16)18)7-10-6-5-9-3-1-2-4-12(9)13(10)17/h1-7,17H,(H2,16,18)/b11-7-. The number of fused-ring (bicyclic) bond motifs is 1. The molecule has 4 nitrogen and oxygen atoms in total. The Balaban J connectivity index is 2.64. The summed E-state index contributed by atoms with van der Waals surface area (Å²) in [6.07, 6.45) is 1.28. The molecule has 2 aromatic rings. The summed E-state index contributed by atoms with van der Waals surface area (Å²) in [7, 11) is 0. The van der Waals surface area contributed by atoms with Crippen molar-refractivity contribution >= 4 is 22.8 Å². The number of phenolic OH excluding ortho intramolecular Hbond substituents is 1. The lowest BCUT2D eigenvalue weighted by atomic mass is 10.0. The molecule has 0 saturated heterocycles. The van der Waals surface area contributed by atoms with Crippen molar-refractivity contribution in [3.63, 3.8) is 0 Å². The molecule has 0 heterocycles. The lowest BCUT2D eigenvalue weighted by Crippen LogP contribution is -2.12. The van der Waals surface area contributed by atoms with Crippen molar-refractivity contribution in [3.8, 4) is 11.8 Å². The summed E-state index contributed by atoms with van der Waals surface area (Å²) in [5.74, 6) is -0.785. The van der Waals surface area contributed by atoms with E-state index in [4.69, 9.17) is 11.0 Å². The van der Waals surface area contributed by atoms with E-state index >= 15 is 0 Å². The summed E-state index contributed by atoms with van der Waals surface area (Å²) in [5, 5.41) is 20.4. The SMILES string of the molecule is N#C/C(=C/c1ccc2ccccc2c1O)C(N)=O. The third-order valence-corrected chi connectivity index (χ3v) is 2.62. The third kappa shape index (κ3) is 2.02. The zero-order valence-corrected chi connectivity index (χ0v) is 9.42. The van der Waals surface area contributed by atoms with Crippen molar-refractivity contribution < 1.29 is 9.90 Å². The van der Waals surface area contributed by atoms with Gasteiger partial charge in [0, 0.05) is 10.9 Å². The van der Waals surface area contributed by atoms with Gasteiger partial charge in [0.05, 0.1) is 0 Å². The second kappa shape index (κ2) is 4.60. The largest absolute Gasteiger partial charge is 0.507 e. The summed E-state index contributed by atoms with van der Waals surface area (Å²) in [6, 6.07) is 12.4. The summed E-state index contributed by atoms with van der Waals surface area (Å²) >= 11 is 0. The summed E-state index contributed by atoms with van der Waals surface area (Å²) in [4.78, 5) is 11.0.